The summed E-state index contributed by atoms with van der Waals surface area (Å²) in [5.74, 6) is 1.14. The topological polar surface area (TPSA) is 21.6 Å². The zero-order chi connectivity index (χ0) is 8.43. The molecule has 0 bridgehead atoms. The van der Waals surface area contributed by atoms with Crippen LogP contribution in [0.1, 0.15) is 27.7 Å². The maximum absolute atomic E-state index is 5.40. The van der Waals surface area contributed by atoms with Crippen LogP contribution in [0.15, 0.2) is 4.99 Å². The molecule has 0 N–H and O–H groups in total. The Kier molecular flexibility index (Phi) is 2.53. The molecule has 1 rings (SSSR count). The van der Waals surface area contributed by atoms with Gasteiger partial charge in [0.15, 0.2) is 6.40 Å². The minimum Gasteiger partial charge on any atom is -0.478 e. The molecule has 0 spiro atoms. The molecule has 2 nitrogen and oxygen atoms in total. The van der Waals surface area contributed by atoms with Crippen molar-refractivity contribution in [2.45, 2.75) is 39.8 Å². The first kappa shape index (κ1) is 8.57. The molecular weight excluding hydrogens is 138 g/mol. The van der Waals surface area contributed by atoms with Crippen LogP contribution in [0.2, 0.25) is 0 Å². The van der Waals surface area contributed by atoms with Gasteiger partial charge >= 0.3 is 0 Å². The molecule has 0 fully saturated rings. The van der Waals surface area contributed by atoms with Crippen molar-refractivity contribution < 1.29 is 4.74 Å². The van der Waals surface area contributed by atoms with Crippen molar-refractivity contribution in [3.63, 3.8) is 0 Å². The monoisotopic (exact) mass is 155 g/mol. The van der Waals surface area contributed by atoms with Gasteiger partial charge in [-0.05, 0) is 11.8 Å². The minimum absolute atomic E-state index is 0.301. The van der Waals surface area contributed by atoms with Gasteiger partial charge in [0.25, 0.3) is 0 Å². The quantitative estimate of drug-likeness (QED) is 0.598. The van der Waals surface area contributed by atoms with E-state index >= 15 is 0 Å². The summed E-state index contributed by atoms with van der Waals surface area (Å²) in [4.78, 5) is 4.29. The number of ether oxygens (including phenoxy) is 1. The number of hydrogen-bond acceptors (Lipinski definition) is 2. The van der Waals surface area contributed by atoms with Gasteiger partial charge in [-0.2, -0.15) is 0 Å². The van der Waals surface area contributed by atoms with Crippen molar-refractivity contribution >= 4 is 6.40 Å². The average molecular weight is 155 g/mol. The SMILES string of the molecule is CC(C)C1N=COC1C(C)C. The van der Waals surface area contributed by atoms with E-state index in [2.05, 4.69) is 32.7 Å². The zero-order valence-electron chi connectivity index (χ0n) is 7.74. The number of nitrogens with zero attached hydrogens (tertiary/aromatic N) is 1. The first-order valence-electron chi connectivity index (χ1n) is 4.30. The molecule has 0 aliphatic carbocycles. The summed E-state index contributed by atoms with van der Waals surface area (Å²) in [6.07, 6.45) is 1.91. The molecule has 1 aliphatic heterocycles. The molecule has 0 aromatic heterocycles. The average Bonchev–Trinajstić information content (AvgIpc) is 2.32. The van der Waals surface area contributed by atoms with E-state index in [1.165, 1.54) is 0 Å². The van der Waals surface area contributed by atoms with Crippen LogP contribution in [0.4, 0.5) is 0 Å². The first-order valence-corrected chi connectivity index (χ1v) is 4.30. The Hall–Kier alpha value is -0.530. The predicted octanol–water partition coefficient (Wildman–Crippen LogP) is 2.09. The van der Waals surface area contributed by atoms with Crippen LogP contribution < -0.4 is 0 Å². The zero-order valence-corrected chi connectivity index (χ0v) is 7.74. The van der Waals surface area contributed by atoms with Crippen LogP contribution in [0, 0.1) is 11.8 Å². The Bertz CT molecular complexity index is 152. The second kappa shape index (κ2) is 3.24. The maximum Gasteiger partial charge on any atom is 0.170 e. The molecule has 64 valence electrons. The van der Waals surface area contributed by atoms with E-state index in [1.54, 1.807) is 6.40 Å². The van der Waals surface area contributed by atoms with Gasteiger partial charge in [0.2, 0.25) is 0 Å². The summed E-state index contributed by atoms with van der Waals surface area (Å²) >= 11 is 0. The lowest BCUT2D eigenvalue weighted by Crippen LogP contribution is -2.31. The maximum atomic E-state index is 5.40. The van der Waals surface area contributed by atoms with Gasteiger partial charge in [0.1, 0.15) is 6.10 Å². The first-order chi connectivity index (χ1) is 5.13. The molecule has 0 saturated carbocycles. The van der Waals surface area contributed by atoms with E-state index in [4.69, 9.17) is 4.74 Å². The summed E-state index contributed by atoms with van der Waals surface area (Å²) in [5, 5.41) is 0. The normalized spacial score (nSPS) is 30.0. The molecular formula is C9H17NO. The highest BCUT2D eigenvalue weighted by atomic mass is 16.5. The Balaban J connectivity index is 2.56. The molecule has 0 aromatic rings. The molecule has 2 heteroatoms. The number of aliphatic imine (C=N–C) groups is 1. The van der Waals surface area contributed by atoms with E-state index in [0.29, 0.717) is 24.0 Å². The number of rotatable bonds is 2. The van der Waals surface area contributed by atoms with E-state index in [-0.39, 0.29) is 0 Å². The Labute approximate surface area is 68.7 Å². The van der Waals surface area contributed by atoms with Gasteiger partial charge < -0.3 is 4.74 Å². The smallest absolute Gasteiger partial charge is 0.170 e. The molecule has 0 aromatic carbocycles. The highest BCUT2D eigenvalue weighted by Crippen LogP contribution is 2.23. The standard InChI is InChI=1S/C9H17NO/c1-6(2)8-9(7(3)4)11-5-10-8/h5-9H,1-4H3. The lowest BCUT2D eigenvalue weighted by atomic mass is 9.92. The molecule has 0 saturated heterocycles. The van der Waals surface area contributed by atoms with Crippen molar-refractivity contribution in [1.82, 2.24) is 0 Å². The largest absolute Gasteiger partial charge is 0.478 e. The van der Waals surface area contributed by atoms with E-state index in [1.807, 2.05) is 0 Å². The van der Waals surface area contributed by atoms with Crippen LogP contribution in [0.5, 0.6) is 0 Å². The summed E-state index contributed by atoms with van der Waals surface area (Å²) in [6.45, 7) is 8.72. The summed E-state index contributed by atoms with van der Waals surface area (Å²) in [6, 6.07) is 0.370. The molecule has 11 heavy (non-hydrogen) atoms. The van der Waals surface area contributed by atoms with E-state index in [0.717, 1.165) is 0 Å². The lowest BCUT2D eigenvalue weighted by Gasteiger charge is -2.22. The van der Waals surface area contributed by atoms with Crippen LogP contribution >= 0.6 is 0 Å². The van der Waals surface area contributed by atoms with Crippen molar-refractivity contribution in [1.29, 1.82) is 0 Å². The van der Waals surface area contributed by atoms with Crippen molar-refractivity contribution in [3.05, 3.63) is 0 Å². The summed E-state index contributed by atoms with van der Waals surface area (Å²) in [5.41, 5.74) is 0. The van der Waals surface area contributed by atoms with Gasteiger partial charge in [-0.1, -0.05) is 27.7 Å². The molecule has 0 amide bonds. The molecule has 2 unspecified atom stereocenters. The lowest BCUT2D eigenvalue weighted by molar-refractivity contribution is 0.130. The fourth-order valence-corrected chi connectivity index (χ4v) is 1.44. The fraction of sp³-hybridized carbons (Fsp3) is 0.889. The fourth-order valence-electron chi connectivity index (χ4n) is 1.44. The Morgan fingerprint density at radius 3 is 2.18 bits per heavy atom. The van der Waals surface area contributed by atoms with Crippen molar-refractivity contribution in [2.75, 3.05) is 0 Å². The van der Waals surface area contributed by atoms with E-state index < -0.39 is 0 Å². The van der Waals surface area contributed by atoms with Gasteiger partial charge in [-0.25, -0.2) is 0 Å². The summed E-state index contributed by atoms with van der Waals surface area (Å²) in [7, 11) is 0. The third-order valence-electron chi connectivity index (χ3n) is 2.13. The molecule has 1 aliphatic rings. The number of hydrogen-bond donors (Lipinski definition) is 0. The molecule has 0 radical (unpaired) electrons. The Morgan fingerprint density at radius 2 is 1.82 bits per heavy atom. The van der Waals surface area contributed by atoms with E-state index in [9.17, 15) is 0 Å². The highest BCUT2D eigenvalue weighted by Gasteiger charge is 2.30. The predicted molar refractivity (Wildman–Crippen MR) is 46.8 cm³/mol. The second-order valence-corrected chi connectivity index (χ2v) is 3.83. The molecule has 1 heterocycles. The van der Waals surface area contributed by atoms with Gasteiger partial charge in [-0.15, -0.1) is 0 Å². The minimum atomic E-state index is 0.301. The third kappa shape index (κ3) is 1.73. The van der Waals surface area contributed by atoms with Crippen LogP contribution in [0.25, 0.3) is 0 Å². The van der Waals surface area contributed by atoms with Crippen molar-refractivity contribution in [3.8, 4) is 0 Å². The van der Waals surface area contributed by atoms with Gasteiger partial charge in [0.05, 0.1) is 6.04 Å². The summed E-state index contributed by atoms with van der Waals surface area (Å²) < 4.78 is 5.40. The third-order valence-corrected chi connectivity index (χ3v) is 2.13. The second-order valence-electron chi connectivity index (χ2n) is 3.83. The highest BCUT2D eigenvalue weighted by molar-refractivity contribution is 5.50. The van der Waals surface area contributed by atoms with Gasteiger partial charge in [0, 0.05) is 0 Å². The van der Waals surface area contributed by atoms with Crippen LogP contribution in [-0.4, -0.2) is 18.5 Å². The van der Waals surface area contributed by atoms with Crippen LogP contribution in [0.3, 0.4) is 0 Å². The molecule has 2 atom stereocenters. The van der Waals surface area contributed by atoms with Gasteiger partial charge in [-0.3, -0.25) is 4.99 Å². The van der Waals surface area contributed by atoms with Crippen LogP contribution in [-0.2, 0) is 4.74 Å². The van der Waals surface area contributed by atoms with Crippen molar-refractivity contribution in [2.24, 2.45) is 16.8 Å². The Morgan fingerprint density at radius 1 is 1.18 bits per heavy atom.